The van der Waals surface area contributed by atoms with Crippen molar-refractivity contribution in [3.63, 3.8) is 0 Å². The number of carboxylic acids is 1. The predicted octanol–water partition coefficient (Wildman–Crippen LogP) is -1.80. The van der Waals surface area contributed by atoms with Crippen molar-refractivity contribution in [2.45, 2.75) is 13.8 Å². The SMILES string of the molecule is CCNNCC(=O)O.CCOC(=O)CNN. The highest BCUT2D eigenvalue weighted by molar-refractivity contribution is 5.71. The Morgan fingerprint density at radius 1 is 1.25 bits per heavy atom. The van der Waals surface area contributed by atoms with E-state index in [1.807, 2.05) is 6.92 Å². The van der Waals surface area contributed by atoms with Crippen LogP contribution in [0, 0.1) is 0 Å². The first-order chi connectivity index (χ1) is 7.58. The Morgan fingerprint density at radius 3 is 2.25 bits per heavy atom. The lowest BCUT2D eigenvalue weighted by atomic mass is 10.7. The average Bonchev–Trinajstić information content (AvgIpc) is 2.19. The quantitative estimate of drug-likeness (QED) is 0.152. The number of rotatable bonds is 7. The molecule has 0 aromatic rings. The summed E-state index contributed by atoms with van der Waals surface area (Å²) >= 11 is 0. The first kappa shape index (κ1) is 17.2. The van der Waals surface area contributed by atoms with E-state index in [1.54, 1.807) is 6.92 Å². The molecule has 0 bridgehead atoms. The van der Waals surface area contributed by atoms with Crippen LogP contribution in [0.15, 0.2) is 0 Å². The molecule has 0 aliphatic rings. The van der Waals surface area contributed by atoms with E-state index in [2.05, 4.69) is 21.0 Å². The van der Waals surface area contributed by atoms with Gasteiger partial charge in [-0.15, -0.1) is 0 Å². The van der Waals surface area contributed by atoms with Crippen LogP contribution in [0.1, 0.15) is 13.8 Å². The molecule has 8 nitrogen and oxygen atoms in total. The van der Waals surface area contributed by atoms with Crippen LogP contribution in [0.25, 0.3) is 0 Å². The van der Waals surface area contributed by atoms with Crippen molar-refractivity contribution in [2.75, 3.05) is 26.2 Å². The highest BCUT2D eigenvalue weighted by atomic mass is 16.5. The smallest absolute Gasteiger partial charge is 0.321 e. The number of hydrazine groups is 2. The number of hydrogen-bond acceptors (Lipinski definition) is 7. The summed E-state index contributed by atoms with van der Waals surface area (Å²) in [5, 5.41) is 8.04. The summed E-state index contributed by atoms with van der Waals surface area (Å²) in [6.07, 6.45) is 0. The van der Waals surface area contributed by atoms with Gasteiger partial charge in [0.05, 0.1) is 6.61 Å². The van der Waals surface area contributed by atoms with Crippen LogP contribution in [-0.2, 0) is 14.3 Å². The molecule has 16 heavy (non-hydrogen) atoms. The van der Waals surface area contributed by atoms with Gasteiger partial charge in [0.2, 0.25) is 0 Å². The molecule has 0 fully saturated rings. The first-order valence-electron chi connectivity index (χ1n) is 4.85. The molecule has 0 aliphatic carbocycles. The molecule has 6 N–H and O–H groups in total. The summed E-state index contributed by atoms with van der Waals surface area (Å²) in [7, 11) is 0. The lowest BCUT2D eigenvalue weighted by molar-refractivity contribution is -0.142. The average molecular weight is 236 g/mol. The number of esters is 1. The lowest BCUT2D eigenvalue weighted by Crippen LogP contribution is -2.35. The van der Waals surface area contributed by atoms with Gasteiger partial charge in [-0.3, -0.25) is 20.9 Å². The molecule has 8 heteroatoms. The van der Waals surface area contributed by atoms with E-state index in [9.17, 15) is 9.59 Å². The molecule has 96 valence electrons. The van der Waals surface area contributed by atoms with Gasteiger partial charge in [0.25, 0.3) is 0 Å². The van der Waals surface area contributed by atoms with Crippen LogP contribution in [0.3, 0.4) is 0 Å². The van der Waals surface area contributed by atoms with Gasteiger partial charge in [-0.1, -0.05) is 6.92 Å². The van der Waals surface area contributed by atoms with Gasteiger partial charge in [0.15, 0.2) is 0 Å². The minimum Gasteiger partial charge on any atom is -0.480 e. The fourth-order valence-corrected chi connectivity index (χ4v) is 0.558. The molecule has 0 aromatic heterocycles. The van der Waals surface area contributed by atoms with Gasteiger partial charge in [-0.2, -0.15) is 0 Å². The van der Waals surface area contributed by atoms with Gasteiger partial charge >= 0.3 is 11.9 Å². The van der Waals surface area contributed by atoms with E-state index < -0.39 is 5.97 Å². The Hall–Kier alpha value is -1.22. The minimum atomic E-state index is -0.856. The minimum absolute atomic E-state index is 0.0339. The molecule has 0 saturated heterocycles. The summed E-state index contributed by atoms with van der Waals surface area (Å²) in [5.41, 5.74) is 7.31. The number of nitrogens with one attached hydrogen (secondary N) is 3. The Morgan fingerprint density at radius 2 is 1.88 bits per heavy atom. The van der Waals surface area contributed by atoms with Gasteiger partial charge in [0, 0.05) is 6.54 Å². The van der Waals surface area contributed by atoms with Crippen LogP contribution in [0.4, 0.5) is 0 Å². The number of aliphatic carboxylic acids is 1. The monoisotopic (exact) mass is 236 g/mol. The summed E-state index contributed by atoms with van der Waals surface area (Å²) < 4.78 is 4.50. The molecule has 0 aliphatic heterocycles. The predicted molar refractivity (Wildman–Crippen MR) is 58.1 cm³/mol. The highest BCUT2D eigenvalue weighted by Gasteiger charge is 1.95. The Balaban J connectivity index is 0. The Kier molecular flexibility index (Phi) is 14.8. The van der Waals surface area contributed by atoms with Crippen LogP contribution >= 0.6 is 0 Å². The van der Waals surface area contributed by atoms with E-state index in [4.69, 9.17) is 10.9 Å². The Bertz CT molecular complexity index is 181. The van der Waals surface area contributed by atoms with Crippen molar-refractivity contribution in [1.29, 1.82) is 0 Å². The first-order valence-corrected chi connectivity index (χ1v) is 4.85. The largest absolute Gasteiger partial charge is 0.480 e. The molecule has 0 rings (SSSR count). The van der Waals surface area contributed by atoms with E-state index >= 15 is 0 Å². The molecular formula is C8H20N4O4. The second-order valence-corrected chi connectivity index (χ2v) is 2.46. The van der Waals surface area contributed by atoms with E-state index in [-0.39, 0.29) is 19.1 Å². The number of nitrogens with two attached hydrogens (primary N) is 1. The van der Waals surface area contributed by atoms with Crippen molar-refractivity contribution in [3.05, 3.63) is 0 Å². The van der Waals surface area contributed by atoms with Crippen molar-refractivity contribution in [1.82, 2.24) is 16.3 Å². The third-order valence-electron chi connectivity index (χ3n) is 1.09. The van der Waals surface area contributed by atoms with Gasteiger partial charge in [-0.25, -0.2) is 10.9 Å². The molecule has 0 spiro atoms. The van der Waals surface area contributed by atoms with Crippen LogP contribution in [0.5, 0.6) is 0 Å². The van der Waals surface area contributed by atoms with Crippen molar-refractivity contribution >= 4 is 11.9 Å². The molecule has 0 atom stereocenters. The molecule has 0 amide bonds. The van der Waals surface area contributed by atoms with Crippen molar-refractivity contribution in [3.8, 4) is 0 Å². The number of carbonyl (C=O) groups excluding carboxylic acids is 1. The maximum absolute atomic E-state index is 10.3. The lowest BCUT2D eigenvalue weighted by Gasteiger charge is -1.97. The summed E-state index contributed by atoms with van der Waals surface area (Å²) in [6, 6.07) is 0. The van der Waals surface area contributed by atoms with Gasteiger partial charge in [0.1, 0.15) is 13.1 Å². The zero-order chi connectivity index (χ0) is 12.8. The molecule has 0 unspecified atom stereocenters. The fourth-order valence-electron chi connectivity index (χ4n) is 0.558. The topological polar surface area (TPSA) is 126 Å². The van der Waals surface area contributed by atoms with E-state index in [0.29, 0.717) is 6.61 Å². The zero-order valence-electron chi connectivity index (χ0n) is 9.58. The number of hydrogen-bond donors (Lipinski definition) is 5. The highest BCUT2D eigenvalue weighted by Crippen LogP contribution is 1.71. The normalized spacial score (nSPS) is 8.94. The number of carboxylic acid groups (broad SMARTS) is 1. The van der Waals surface area contributed by atoms with Crippen LogP contribution in [-0.4, -0.2) is 43.3 Å². The van der Waals surface area contributed by atoms with Crippen molar-refractivity contribution < 1.29 is 19.4 Å². The summed E-state index contributed by atoms with van der Waals surface area (Å²) in [5.74, 6) is 3.63. The standard InChI is InChI=1S/2C4H10N2O2/c1-2-8-4(7)3-6-5;1-2-5-6-3-4(7)8/h6H,2-3,5H2,1H3;5-6H,2-3H2,1H3,(H,7,8). The van der Waals surface area contributed by atoms with Gasteiger partial charge in [-0.05, 0) is 6.92 Å². The van der Waals surface area contributed by atoms with Crippen LogP contribution < -0.4 is 22.1 Å². The maximum Gasteiger partial charge on any atom is 0.321 e. The molecular weight excluding hydrogens is 216 g/mol. The molecule has 0 aromatic carbocycles. The summed E-state index contributed by atoms with van der Waals surface area (Å²) in [6.45, 7) is 4.80. The number of ether oxygens (including phenoxy) is 1. The van der Waals surface area contributed by atoms with Gasteiger partial charge < -0.3 is 9.84 Å². The fraction of sp³-hybridized carbons (Fsp3) is 0.750. The molecule has 0 radical (unpaired) electrons. The zero-order valence-corrected chi connectivity index (χ0v) is 9.58. The van der Waals surface area contributed by atoms with Crippen LogP contribution in [0.2, 0.25) is 0 Å². The van der Waals surface area contributed by atoms with E-state index in [0.717, 1.165) is 6.54 Å². The second kappa shape index (κ2) is 13.8. The van der Waals surface area contributed by atoms with E-state index in [1.165, 1.54) is 0 Å². The third kappa shape index (κ3) is 18.5. The molecule has 0 saturated carbocycles. The summed E-state index contributed by atoms with van der Waals surface area (Å²) in [4.78, 5) is 20.0. The Labute approximate surface area is 94.5 Å². The van der Waals surface area contributed by atoms with Crippen molar-refractivity contribution in [2.24, 2.45) is 5.84 Å². The molecule has 0 heterocycles. The second-order valence-electron chi connectivity index (χ2n) is 2.46. The third-order valence-corrected chi connectivity index (χ3v) is 1.09. The number of carbonyl (C=O) groups is 2. The maximum atomic E-state index is 10.3.